The van der Waals surface area contributed by atoms with Gasteiger partial charge in [0.1, 0.15) is 5.78 Å². The van der Waals surface area contributed by atoms with Gasteiger partial charge in [-0.1, -0.05) is 32.9 Å². The molecule has 1 fully saturated rings. The number of benzene rings is 1. The largest absolute Gasteiger partial charge is 0.299 e. The number of hydrogen-bond donors (Lipinski definition) is 0. The molecule has 0 spiro atoms. The number of rotatable bonds is 3. The maximum absolute atomic E-state index is 12.3. The zero-order valence-corrected chi connectivity index (χ0v) is 14.2. The number of carbonyl (C=O) groups is 1. The topological polar surface area (TPSA) is 17.1 Å². The normalized spacial score (nSPS) is 24.5. The molecule has 0 radical (unpaired) electrons. The Kier molecular flexibility index (Phi) is 4.70. The Morgan fingerprint density at radius 1 is 1.21 bits per heavy atom. The van der Waals surface area contributed by atoms with Crippen LogP contribution in [0.2, 0.25) is 0 Å². The lowest BCUT2D eigenvalue weighted by Gasteiger charge is -2.37. The summed E-state index contributed by atoms with van der Waals surface area (Å²) in [5, 5.41) is 0. The molecular formula is C17H23IO. The van der Waals surface area contributed by atoms with Crippen molar-refractivity contribution in [2.24, 2.45) is 17.3 Å². The van der Waals surface area contributed by atoms with Gasteiger partial charge in [-0.25, -0.2) is 0 Å². The molecule has 1 aliphatic rings. The van der Waals surface area contributed by atoms with Gasteiger partial charge in [0.05, 0.1) is 0 Å². The zero-order chi connectivity index (χ0) is 14.0. The molecule has 104 valence electrons. The molecule has 1 aromatic rings. The molecule has 19 heavy (non-hydrogen) atoms. The van der Waals surface area contributed by atoms with Gasteiger partial charge in [0.2, 0.25) is 0 Å². The van der Waals surface area contributed by atoms with Crippen molar-refractivity contribution < 1.29 is 4.79 Å². The van der Waals surface area contributed by atoms with E-state index < -0.39 is 0 Å². The Bertz CT molecular complexity index is 447. The van der Waals surface area contributed by atoms with Gasteiger partial charge in [0.15, 0.2) is 0 Å². The molecule has 0 N–H and O–H groups in total. The van der Waals surface area contributed by atoms with Gasteiger partial charge < -0.3 is 0 Å². The van der Waals surface area contributed by atoms with Crippen LogP contribution in [0.1, 0.15) is 45.6 Å². The molecule has 0 aromatic heterocycles. The number of hydrogen-bond acceptors (Lipinski definition) is 1. The fourth-order valence-corrected chi connectivity index (χ4v) is 3.64. The summed E-state index contributed by atoms with van der Waals surface area (Å²) in [7, 11) is 0. The van der Waals surface area contributed by atoms with Crippen molar-refractivity contribution in [2.75, 3.05) is 0 Å². The summed E-state index contributed by atoms with van der Waals surface area (Å²) in [4.78, 5) is 12.3. The van der Waals surface area contributed by atoms with Gasteiger partial charge in [0, 0.05) is 15.9 Å². The molecule has 1 aliphatic carbocycles. The third-order valence-corrected chi connectivity index (χ3v) is 5.12. The van der Waals surface area contributed by atoms with Crippen LogP contribution in [0.4, 0.5) is 0 Å². The summed E-state index contributed by atoms with van der Waals surface area (Å²) in [6, 6.07) is 8.69. The van der Waals surface area contributed by atoms with Crippen LogP contribution in [0.15, 0.2) is 24.3 Å². The van der Waals surface area contributed by atoms with Gasteiger partial charge >= 0.3 is 0 Å². The summed E-state index contributed by atoms with van der Waals surface area (Å²) in [6.07, 6.45) is 4.04. The van der Waals surface area contributed by atoms with E-state index in [9.17, 15) is 4.79 Å². The minimum atomic E-state index is 0.0734. The SMILES string of the molecule is CC1CCC(C(C)(C)Cc2ccc(I)cc2)C(=O)C1. The van der Waals surface area contributed by atoms with Crippen molar-refractivity contribution in [3.63, 3.8) is 0 Å². The second kappa shape index (κ2) is 5.94. The molecule has 1 saturated carbocycles. The van der Waals surface area contributed by atoms with Crippen LogP contribution in [-0.2, 0) is 11.2 Å². The predicted molar refractivity (Wildman–Crippen MR) is 88.2 cm³/mol. The zero-order valence-electron chi connectivity index (χ0n) is 12.1. The molecule has 0 saturated heterocycles. The van der Waals surface area contributed by atoms with E-state index in [0.29, 0.717) is 11.7 Å². The summed E-state index contributed by atoms with van der Waals surface area (Å²) >= 11 is 2.33. The first-order chi connectivity index (χ1) is 8.88. The summed E-state index contributed by atoms with van der Waals surface area (Å²) in [5.74, 6) is 1.30. The van der Waals surface area contributed by atoms with Crippen LogP contribution in [0.25, 0.3) is 0 Å². The molecule has 0 amide bonds. The summed E-state index contributed by atoms with van der Waals surface area (Å²) in [6.45, 7) is 6.70. The van der Waals surface area contributed by atoms with Gasteiger partial charge in [-0.05, 0) is 70.9 Å². The van der Waals surface area contributed by atoms with E-state index in [1.165, 1.54) is 15.6 Å². The van der Waals surface area contributed by atoms with E-state index in [2.05, 4.69) is 67.6 Å². The molecule has 1 nitrogen and oxygen atoms in total. The Morgan fingerprint density at radius 2 is 1.84 bits per heavy atom. The quantitative estimate of drug-likeness (QED) is 0.694. The van der Waals surface area contributed by atoms with Crippen molar-refractivity contribution in [3.05, 3.63) is 33.4 Å². The highest BCUT2D eigenvalue weighted by molar-refractivity contribution is 14.1. The van der Waals surface area contributed by atoms with E-state index in [1.54, 1.807) is 0 Å². The van der Waals surface area contributed by atoms with Crippen molar-refractivity contribution in [1.82, 2.24) is 0 Å². The molecule has 2 unspecified atom stereocenters. The number of ketones is 1. The van der Waals surface area contributed by atoms with E-state index in [1.807, 2.05) is 0 Å². The van der Waals surface area contributed by atoms with Crippen LogP contribution in [0, 0.1) is 20.8 Å². The van der Waals surface area contributed by atoms with Crippen molar-refractivity contribution in [2.45, 2.75) is 46.5 Å². The Morgan fingerprint density at radius 3 is 2.42 bits per heavy atom. The second-order valence-electron chi connectivity index (χ2n) is 6.70. The Labute approximate surface area is 130 Å². The lowest BCUT2D eigenvalue weighted by Crippen LogP contribution is -2.36. The molecule has 0 aliphatic heterocycles. The van der Waals surface area contributed by atoms with Crippen molar-refractivity contribution >= 4 is 28.4 Å². The van der Waals surface area contributed by atoms with E-state index >= 15 is 0 Å². The number of carbonyl (C=O) groups excluding carboxylic acids is 1. The summed E-state index contributed by atoms with van der Waals surface area (Å²) in [5.41, 5.74) is 1.42. The molecule has 2 heteroatoms. The first-order valence-corrected chi connectivity index (χ1v) is 8.23. The van der Waals surface area contributed by atoms with Crippen LogP contribution >= 0.6 is 22.6 Å². The lowest BCUT2D eigenvalue weighted by atomic mass is 9.66. The maximum atomic E-state index is 12.3. The minimum Gasteiger partial charge on any atom is -0.299 e. The average Bonchev–Trinajstić information content (AvgIpc) is 2.31. The van der Waals surface area contributed by atoms with E-state index in [4.69, 9.17) is 0 Å². The second-order valence-corrected chi connectivity index (χ2v) is 7.94. The van der Waals surface area contributed by atoms with E-state index in [0.717, 1.165) is 19.3 Å². The fourth-order valence-electron chi connectivity index (χ4n) is 3.28. The standard InChI is InChI=1S/C17H23IO/c1-12-4-9-15(16(19)10-12)17(2,3)11-13-5-7-14(18)8-6-13/h5-8,12,15H,4,9-11H2,1-3H3. The van der Waals surface area contributed by atoms with Gasteiger partial charge in [-0.15, -0.1) is 0 Å². The highest BCUT2D eigenvalue weighted by Crippen LogP contribution is 2.40. The average molecular weight is 370 g/mol. The van der Waals surface area contributed by atoms with E-state index in [-0.39, 0.29) is 11.3 Å². The summed E-state index contributed by atoms with van der Waals surface area (Å²) < 4.78 is 1.27. The minimum absolute atomic E-state index is 0.0734. The molecule has 2 rings (SSSR count). The molecule has 0 heterocycles. The number of halogens is 1. The molecular weight excluding hydrogens is 347 g/mol. The van der Waals surface area contributed by atoms with Crippen molar-refractivity contribution in [3.8, 4) is 0 Å². The van der Waals surface area contributed by atoms with Gasteiger partial charge in [-0.3, -0.25) is 4.79 Å². The third kappa shape index (κ3) is 3.80. The van der Waals surface area contributed by atoms with Crippen LogP contribution in [0.3, 0.4) is 0 Å². The first kappa shape index (κ1) is 15.0. The lowest BCUT2D eigenvalue weighted by molar-refractivity contribution is -0.129. The van der Waals surface area contributed by atoms with Crippen LogP contribution < -0.4 is 0 Å². The highest BCUT2D eigenvalue weighted by Gasteiger charge is 2.37. The third-order valence-electron chi connectivity index (χ3n) is 4.40. The molecule has 2 atom stereocenters. The fraction of sp³-hybridized carbons (Fsp3) is 0.588. The maximum Gasteiger partial charge on any atom is 0.136 e. The smallest absolute Gasteiger partial charge is 0.136 e. The Balaban J connectivity index is 2.09. The van der Waals surface area contributed by atoms with Crippen LogP contribution in [-0.4, -0.2) is 5.78 Å². The first-order valence-electron chi connectivity index (χ1n) is 7.15. The highest BCUT2D eigenvalue weighted by atomic mass is 127. The Hall–Kier alpha value is -0.380. The molecule has 0 bridgehead atoms. The number of Topliss-reactive ketones (excluding diaryl/α,β-unsaturated/α-hetero) is 1. The molecule has 1 aromatic carbocycles. The van der Waals surface area contributed by atoms with Gasteiger partial charge in [-0.2, -0.15) is 0 Å². The van der Waals surface area contributed by atoms with Crippen LogP contribution in [0.5, 0.6) is 0 Å². The van der Waals surface area contributed by atoms with Crippen molar-refractivity contribution in [1.29, 1.82) is 0 Å². The monoisotopic (exact) mass is 370 g/mol. The predicted octanol–water partition coefficient (Wildman–Crippen LogP) is 4.87. The van der Waals surface area contributed by atoms with Gasteiger partial charge in [0.25, 0.3) is 0 Å².